The molecule has 0 aromatic heterocycles. The molecule has 0 spiro atoms. The SMILES string of the molecule is CC(C)N(CC(N)=O)C(C)C1CNCCO1. The van der Waals surface area contributed by atoms with Gasteiger partial charge < -0.3 is 15.8 Å². The van der Waals surface area contributed by atoms with Crippen LogP contribution in [-0.2, 0) is 9.53 Å². The van der Waals surface area contributed by atoms with Crippen LogP contribution in [0.25, 0.3) is 0 Å². The Morgan fingerprint density at radius 2 is 2.25 bits per heavy atom. The van der Waals surface area contributed by atoms with Gasteiger partial charge in [-0.3, -0.25) is 9.69 Å². The number of hydrogen-bond donors (Lipinski definition) is 2. The van der Waals surface area contributed by atoms with Crippen molar-refractivity contribution in [2.24, 2.45) is 5.73 Å². The van der Waals surface area contributed by atoms with E-state index < -0.39 is 0 Å². The Morgan fingerprint density at radius 1 is 1.56 bits per heavy atom. The average molecular weight is 229 g/mol. The minimum atomic E-state index is -0.288. The van der Waals surface area contributed by atoms with Gasteiger partial charge in [0.05, 0.1) is 19.3 Å². The fourth-order valence-corrected chi connectivity index (χ4v) is 2.09. The van der Waals surface area contributed by atoms with Crippen molar-refractivity contribution in [3.05, 3.63) is 0 Å². The minimum absolute atomic E-state index is 0.135. The van der Waals surface area contributed by atoms with Crippen molar-refractivity contribution < 1.29 is 9.53 Å². The molecule has 16 heavy (non-hydrogen) atoms. The van der Waals surface area contributed by atoms with Gasteiger partial charge in [0.2, 0.25) is 5.91 Å². The summed E-state index contributed by atoms with van der Waals surface area (Å²) in [7, 11) is 0. The summed E-state index contributed by atoms with van der Waals surface area (Å²) in [5.74, 6) is -0.288. The van der Waals surface area contributed by atoms with Gasteiger partial charge in [-0.15, -0.1) is 0 Å². The molecule has 0 saturated carbocycles. The number of carbonyl (C=O) groups excluding carboxylic acids is 1. The molecule has 1 rings (SSSR count). The topological polar surface area (TPSA) is 67.6 Å². The number of ether oxygens (including phenoxy) is 1. The second-order valence-electron chi connectivity index (χ2n) is 4.59. The molecule has 94 valence electrons. The third-order valence-corrected chi connectivity index (χ3v) is 3.02. The maximum absolute atomic E-state index is 11.0. The van der Waals surface area contributed by atoms with Gasteiger partial charge in [0, 0.05) is 25.2 Å². The Hall–Kier alpha value is -0.650. The summed E-state index contributed by atoms with van der Waals surface area (Å²) < 4.78 is 5.70. The van der Waals surface area contributed by atoms with E-state index in [9.17, 15) is 4.79 Å². The van der Waals surface area contributed by atoms with E-state index in [1.807, 2.05) is 0 Å². The lowest BCUT2D eigenvalue weighted by Gasteiger charge is -2.38. The second-order valence-corrected chi connectivity index (χ2v) is 4.59. The summed E-state index contributed by atoms with van der Waals surface area (Å²) in [6.45, 7) is 8.98. The van der Waals surface area contributed by atoms with Crippen molar-refractivity contribution in [2.45, 2.75) is 39.0 Å². The Morgan fingerprint density at radius 3 is 2.69 bits per heavy atom. The normalized spacial score (nSPS) is 23.7. The fourth-order valence-electron chi connectivity index (χ4n) is 2.09. The fraction of sp³-hybridized carbons (Fsp3) is 0.909. The standard InChI is InChI=1S/C11H23N3O2/c1-8(2)14(7-11(12)15)9(3)10-6-13-4-5-16-10/h8-10,13H,4-7H2,1-3H3,(H2,12,15). The monoisotopic (exact) mass is 229 g/mol. The molecule has 0 aliphatic carbocycles. The van der Waals surface area contributed by atoms with Gasteiger partial charge in [0.25, 0.3) is 0 Å². The number of nitrogens with two attached hydrogens (primary N) is 1. The third kappa shape index (κ3) is 3.73. The lowest BCUT2D eigenvalue weighted by atomic mass is 10.1. The third-order valence-electron chi connectivity index (χ3n) is 3.02. The van der Waals surface area contributed by atoms with Crippen molar-refractivity contribution in [1.82, 2.24) is 10.2 Å². The first-order chi connectivity index (χ1) is 7.52. The number of nitrogens with zero attached hydrogens (tertiary/aromatic N) is 1. The highest BCUT2D eigenvalue weighted by molar-refractivity contribution is 5.76. The van der Waals surface area contributed by atoms with Crippen molar-refractivity contribution in [3.63, 3.8) is 0 Å². The van der Waals surface area contributed by atoms with Crippen molar-refractivity contribution in [2.75, 3.05) is 26.2 Å². The number of rotatable bonds is 5. The van der Waals surface area contributed by atoms with Crippen LogP contribution in [0.15, 0.2) is 0 Å². The molecule has 0 bridgehead atoms. The highest BCUT2D eigenvalue weighted by atomic mass is 16.5. The smallest absolute Gasteiger partial charge is 0.231 e. The zero-order valence-electron chi connectivity index (χ0n) is 10.4. The van der Waals surface area contributed by atoms with E-state index >= 15 is 0 Å². The molecule has 1 amide bonds. The Kier molecular flexibility index (Phi) is 5.18. The summed E-state index contributed by atoms with van der Waals surface area (Å²) in [6.07, 6.45) is 0.135. The molecular weight excluding hydrogens is 206 g/mol. The first kappa shape index (κ1) is 13.4. The number of carbonyl (C=O) groups is 1. The zero-order valence-corrected chi connectivity index (χ0v) is 10.4. The predicted octanol–water partition coefficient (Wildman–Crippen LogP) is -0.441. The molecule has 1 heterocycles. The highest BCUT2D eigenvalue weighted by Crippen LogP contribution is 2.12. The molecule has 1 fully saturated rings. The summed E-state index contributed by atoms with van der Waals surface area (Å²) >= 11 is 0. The van der Waals surface area contributed by atoms with Gasteiger partial charge in [-0.25, -0.2) is 0 Å². The molecular formula is C11H23N3O2. The van der Waals surface area contributed by atoms with E-state index in [2.05, 4.69) is 31.0 Å². The van der Waals surface area contributed by atoms with E-state index in [-0.39, 0.29) is 24.1 Å². The maximum atomic E-state index is 11.0. The van der Waals surface area contributed by atoms with Crippen LogP contribution in [0.3, 0.4) is 0 Å². The average Bonchev–Trinajstić information content (AvgIpc) is 2.25. The molecule has 0 aromatic carbocycles. The highest BCUT2D eigenvalue weighted by Gasteiger charge is 2.28. The number of amides is 1. The summed E-state index contributed by atoms with van der Waals surface area (Å²) in [5.41, 5.74) is 5.26. The van der Waals surface area contributed by atoms with Crippen LogP contribution >= 0.6 is 0 Å². The maximum Gasteiger partial charge on any atom is 0.231 e. The molecule has 5 heteroatoms. The summed E-state index contributed by atoms with van der Waals surface area (Å²) in [5, 5.41) is 3.30. The number of nitrogens with one attached hydrogen (secondary N) is 1. The first-order valence-corrected chi connectivity index (χ1v) is 5.88. The van der Waals surface area contributed by atoms with Gasteiger partial charge in [-0.1, -0.05) is 0 Å². The Bertz CT molecular complexity index is 227. The van der Waals surface area contributed by atoms with Crippen molar-refractivity contribution in [3.8, 4) is 0 Å². The number of primary amides is 1. The van der Waals surface area contributed by atoms with Crippen LogP contribution in [0.1, 0.15) is 20.8 Å². The number of morpholine rings is 1. The lowest BCUT2D eigenvalue weighted by Crippen LogP contribution is -2.54. The van der Waals surface area contributed by atoms with E-state index in [4.69, 9.17) is 10.5 Å². The van der Waals surface area contributed by atoms with Gasteiger partial charge >= 0.3 is 0 Å². The van der Waals surface area contributed by atoms with Crippen LogP contribution < -0.4 is 11.1 Å². The molecule has 1 saturated heterocycles. The van der Waals surface area contributed by atoms with Crippen LogP contribution in [0.2, 0.25) is 0 Å². The van der Waals surface area contributed by atoms with Gasteiger partial charge in [-0.2, -0.15) is 0 Å². The molecule has 3 N–H and O–H groups in total. The van der Waals surface area contributed by atoms with Crippen LogP contribution in [0.5, 0.6) is 0 Å². The van der Waals surface area contributed by atoms with Crippen LogP contribution in [-0.4, -0.2) is 55.2 Å². The molecule has 0 aromatic rings. The first-order valence-electron chi connectivity index (χ1n) is 5.88. The van der Waals surface area contributed by atoms with Crippen molar-refractivity contribution in [1.29, 1.82) is 0 Å². The second kappa shape index (κ2) is 6.18. The Labute approximate surface area is 97.3 Å². The van der Waals surface area contributed by atoms with E-state index in [1.54, 1.807) is 0 Å². The van der Waals surface area contributed by atoms with Crippen LogP contribution in [0, 0.1) is 0 Å². The molecule has 2 unspecified atom stereocenters. The van der Waals surface area contributed by atoms with Gasteiger partial charge in [0.15, 0.2) is 0 Å². The van der Waals surface area contributed by atoms with E-state index in [0.29, 0.717) is 6.54 Å². The number of hydrogen-bond acceptors (Lipinski definition) is 4. The Balaban J connectivity index is 2.57. The molecule has 5 nitrogen and oxygen atoms in total. The van der Waals surface area contributed by atoms with Crippen LogP contribution in [0.4, 0.5) is 0 Å². The minimum Gasteiger partial charge on any atom is -0.374 e. The quantitative estimate of drug-likeness (QED) is 0.670. The molecule has 1 aliphatic heterocycles. The molecule has 1 aliphatic rings. The summed E-state index contributed by atoms with van der Waals surface area (Å²) in [4.78, 5) is 13.1. The molecule has 0 radical (unpaired) electrons. The van der Waals surface area contributed by atoms with Gasteiger partial charge in [0.1, 0.15) is 0 Å². The van der Waals surface area contributed by atoms with E-state index in [1.165, 1.54) is 0 Å². The largest absolute Gasteiger partial charge is 0.374 e. The predicted molar refractivity (Wildman–Crippen MR) is 63.1 cm³/mol. The zero-order chi connectivity index (χ0) is 12.1. The lowest BCUT2D eigenvalue weighted by molar-refractivity contribution is -0.121. The van der Waals surface area contributed by atoms with Crippen molar-refractivity contribution >= 4 is 5.91 Å². The molecule has 2 atom stereocenters. The summed E-state index contributed by atoms with van der Waals surface area (Å²) in [6, 6.07) is 0.480. The van der Waals surface area contributed by atoms with E-state index in [0.717, 1.165) is 19.7 Å². The van der Waals surface area contributed by atoms with Gasteiger partial charge in [-0.05, 0) is 20.8 Å².